The van der Waals surface area contributed by atoms with Crippen LogP contribution in [0.2, 0.25) is 5.02 Å². The van der Waals surface area contributed by atoms with Crippen LogP contribution in [0.3, 0.4) is 0 Å². The maximum Gasteiger partial charge on any atom is 0.416 e. The molecule has 2 fully saturated rings. The lowest BCUT2D eigenvalue weighted by atomic mass is 9.72. The van der Waals surface area contributed by atoms with E-state index in [1.54, 1.807) is 24.4 Å². The quantitative estimate of drug-likeness (QED) is 0.0620. The maximum atomic E-state index is 14.0. The Balaban J connectivity index is 1.01. The Morgan fingerprint density at radius 2 is 1.88 bits per heavy atom. The van der Waals surface area contributed by atoms with E-state index in [0.29, 0.717) is 75.9 Å². The summed E-state index contributed by atoms with van der Waals surface area (Å²) in [5, 5.41) is 16.0. The van der Waals surface area contributed by atoms with Crippen LogP contribution < -0.4 is 15.0 Å². The molecule has 65 heavy (non-hydrogen) atoms. The van der Waals surface area contributed by atoms with Crippen LogP contribution in [0.4, 0.5) is 30.2 Å². The highest BCUT2D eigenvalue weighted by Gasteiger charge is 2.34. The number of nitro groups is 1. The first-order chi connectivity index (χ1) is 30.9. The van der Waals surface area contributed by atoms with Crippen molar-refractivity contribution < 1.29 is 40.8 Å². The van der Waals surface area contributed by atoms with Gasteiger partial charge in [0.25, 0.3) is 5.69 Å². The van der Waals surface area contributed by atoms with Gasteiger partial charge in [0.1, 0.15) is 28.6 Å². The number of alkyl halides is 3. The summed E-state index contributed by atoms with van der Waals surface area (Å²) in [5.74, 6) is -1.13. The first-order valence-electron chi connectivity index (χ1n) is 21.6. The van der Waals surface area contributed by atoms with E-state index in [-0.39, 0.29) is 38.3 Å². The molecule has 2 aromatic heterocycles. The molecule has 0 radical (unpaired) electrons. The molecule has 4 heterocycles. The Hall–Kier alpha value is -5.49. The molecule has 0 bridgehead atoms. The minimum atomic E-state index is -4.49. The molecule has 3 aliphatic rings. The number of anilines is 2. The van der Waals surface area contributed by atoms with Crippen molar-refractivity contribution in [3.8, 4) is 11.5 Å². The molecule has 0 unspecified atom stereocenters. The van der Waals surface area contributed by atoms with Crippen LogP contribution in [0.15, 0.2) is 89.6 Å². The van der Waals surface area contributed by atoms with Gasteiger partial charge in [0.05, 0.1) is 33.7 Å². The molecule has 1 aliphatic carbocycles. The van der Waals surface area contributed by atoms with Crippen LogP contribution in [0.5, 0.6) is 11.5 Å². The fraction of sp³-hybridized carbons (Fsp3) is 0.404. The number of nitro benzene ring substituents is 1. The molecule has 18 heteroatoms. The van der Waals surface area contributed by atoms with E-state index in [1.807, 2.05) is 6.07 Å². The number of sulfone groups is 1. The second-order valence-electron chi connectivity index (χ2n) is 17.8. The largest absolute Gasteiger partial charge is 0.455 e. The van der Waals surface area contributed by atoms with Gasteiger partial charge in [-0.25, -0.2) is 13.4 Å². The van der Waals surface area contributed by atoms with Crippen LogP contribution >= 0.6 is 11.6 Å². The molecule has 344 valence electrons. The lowest BCUT2D eigenvalue weighted by Gasteiger charge is -2.39. The average Bonchev–Trinajstić information content (AvgIpc) is 3.74. The number of rotatable bonds is 14. The number of nitrogens with zero attached hydrogens (tertiary/aromatic N) is 4. The smallest absolute Gasteiger partial charge is 0.416 e. The van der Waals surface area contributed by atoms with Gasteiger partial charge in [-0.1, -0.05) is 37.1 Å². The number of ether oxygens (including phenoxy) is 2. The minimum Gasteiger partial charge on any atom is -0.455 e. The number of benzene rings is 3. The number of halogens is 4. The summed E-state index contributed by atoms with van der Waals surface area (Å²) < 4.78 is 79.9. The number of Topliss-reactive ketones (excluding diaryl/α,β-unsaturated/α-hetero) is 1. The third kappa shape index (κ3) is 10.8. The molecular weight excluding hydrogens is 885 g/mol. The highest BCUT2D eigenvalue weighted by molar-refractivity contribution is 7.92. The second-order valence-corrected chi connectivity index (χ2v) is 20.2. The van der Waals surface area contributed by atoms with Gasteiger partial charge in [-0.15, -0.1) is 0 Å². The van der Waals surface area contributed by atoms with E-state index in [0.717, 1.165) is 66.1 Å². The third-order valence-corrected chi connectivity index (χ3v) is 14.4. The van der Waals surface area contributed by atoms with Crippen molar-refractivity contribution in [3.63, 3.8) is 0 Å². The average molecular weight is 935 g/mol. The summed E-state index contributed by atoms with van der Waals surface area (Å²) in [6, 6.07) is 15.8. The number of piperazine rings is 1. The monoisotopic (exact) mass is 934 g/mol. The number of pyridine rings is 1. The molecule has 5 aromatic rings. The summed E-state index contributed by atoms with van der Waals surface area (Å²) in [6.45, 7) is 9.13. The minimum absolute atomic E-state index is 0.00855. The van der Waals surface area contributed by atoms with Gasteiger partial charge in [-0.3, -0.25) is 19.8 Å². The van der Waals surface area contributed by atoms with Crippen LogP contribution in [0.1, 0.15) is 67.4 Å². The summed E-state index contributed by atoms with van der Waals surface area (Å²) in [4.78, 5) is 37.0. The molecular formula is C47H50ClF3N6O7S. The molecule has 3 aromatic carbocycles. The van der Waals surface area contributed by atoms with Crippen molar-refractivity contribution in [2.75, 3.05) is 68.5 Å². The second kappa shape index (κ2) is 18.8. The predicted molar refractivity (Wildman–Crippen MR) is 244 cm³/mol. The van der Waals surface area contributed by atoms with Crippen LogP contribution in [-0.4, -0.2) is 92.2 Å². The normalized spacial score (nSPS) is 18.5. The van der Waals surface area contributed by atoms with Gasteiger partial charge >= 0.3 is 6.18 Å². The number of ketones is 1. The zero-order valence-corrected chi connectivity index (χ0v) is 37.6. The van der Waals surface area contributed by atoms with Crippen molar-refractivity contribution in [3.05, 3.63) is 117 Å². The van der Waals surface area contributed by atoms with Crippen molar-refractivity contribution in [1.29, 1.82) is 0 Å². The number of fused-ring (bicyclic) bond motifs is 1. The Morgan fingerprint density at radius 1 is 1.08 bits per heavy atom. The van der Waals surface area contributed by atoms with Gasteiger partial charge < -0.3 is 24.7 Å². The molecule has 8 rings (SSSR count). The number of H-pyrrole nitrogens is 1. The summed E-state index contributed by atoms with van der Waals surface area (Å²) in [6.07, 6.45) is 2.96. The maximum absolute atomic E-state index is 14.0. The van der Waals surface area contributed by atoms with E-state index in [1.165, 1.54) is 30.5 Å². The number of hydrogen-bond acceptors (Lipinski definition) is 11. The van der Waals surface area contributed by atoms with Gasteiger partial charge in [0.2, 0.25) is 0 Å². The van der Waals surface area contributed by atoms with Crippen molar-refractivity contribution >= 4 is 60.9 Å². The summed E-state index contributed by atoms with van der Waals surface area (Å²) in [5.41, 5.74) is 3.10. The van der Waals surface area contributed by atoms with Crippen LogP contribution in [-0.2, 0) is 20.8 Å². The molecule has 2 N–H and O–H groups in total. The SMILES string of the molecule is CC1(C)CCC(CN2CCN(c3ccc(C(=O)CS(=O)(=O)c4ccc(NC[C@H]5CCCOC5)c([N+](=O)[O-])c4)c(Oc4cnc5[nH]ccc5c4)c3)CC2)=C(c2ccc(C(F)(F)F)cc2Cl)C1. The standard InChI is InChI=1S/C47H50ClF3N6O7S/c1-46(2)13-11-32(39(24-46)37-8-5-33(21-40(37)48)47(49,50)51)27-55-15-17-56(18-16-55)34-6-9-38(44(22-34)64-35-20-31-12-14-52-45(31)54-26-35)43(58)29-65(61,62)36-7-10-41(42(23-36)57(59)60)53-25-30-4-3-19-63-28-30/h5-10,12,14,20-23,26,30,53H,3-4,11,13,15-19,24-25,27-29H2,1-2H3,(H,52,54)/t30-/m1/s1. The third-order valence-electron chi connectivity index (χ3n) is 12.5. The first-order valence-corrected chi connectivity index (χ1v) is 23.6. The molecule has 13 nitrogen and oxygen atoms in total. The Kier molecular flexibility index (Phi) is 13.3. The number of hydrogen-bond donors (Lipinski definition) is 2. The van der Waals surface area contributed by atoms with E-state index in [4.69, 9.17) is 21.1 Å². The highest BCUT2D eigenvalue weighted by Crippen LogP contribution is 2.46. The summed E-state index contributed by atoms with van der Waals surface area (Å²) >= 11 is 6.54. The Morgan fingerprint density at radius 3 is 2.60 bits per heavy atom. The molecule has 2 saturated heterocycles. The number of carbonyl (C=O) groups excluding carboxylic acids is 1. The number of carbonyl (C=O) groups is 1. The zero-order valence-electron chi connectivity index (χ0n) is 36.0. The first kappa shape index (κ1) is 46.1. The molecule has 0 amide bonds. The van der Waals surface area contributed by atoms with Gasteiger partial charge in [-0.05, 0) is 103 Å². The fourth-order valence-corrected chi connectivity index (χ4v) is 10.4. The van der Waals surface area contributed by atoms with E-state index in [2.05, 4.69) is 38.9 Å². The van der Waals surface area contributed by atoms with Crippen LogP contribution in [0, 0.1) is 21.4 Å². The van der Waals surface area contributed by atoms with Crippen molar-refractivity contribution in [2.45, 2.75) is 57.0 Å². The van der Waals surface area contributed by atoms with Gasteiger partial charge in [0.15, 0.2) is 15.6 Å². The summed E-state index contributed by atoms with van der Waals surface area (Å²) in [7, 11) is -4.36. The fourth-order valence-electron chi connectivity index (χ4n) is 8.85. The Bertz CT molecular complexity index is 2750. The lowest BCUT2D eigenvalue weighted by Crippen LogP contribution is -2.47. The van der Waals surface area contributed by atoms with E-state index < -0.39 is 43.7 Å². The Labute approximate surface area is 380 Å². The van der Waals surface area contributed by atoms with Crippen molar-refractivity contribution in [2.24, 2.45) is 11.3 Å². The zero-order chi connectivity index (χ0) is 46.1. The van der Waals surface area contributed by atoms with Crippen LogP contribution in [0.25, 0.3) is 16.6 Å². The van der Waals surface area contributed by atoms with E-state index in [9.17, 15) is 36.5 Å². The number of aromatic amines is 1. The topological polar surface area (TPSA) is 160 Å². The number of aromatic nitrogens is 2. The molecule has 0 saturated carbocycles. The number of nitrogens with one attached hydrogen (secondary N) is 2. The highest BCUT2D eigenvalue weighted by atomic mass is 35.5. The van der Waals surface area contributed by atoms with E-state index >= 15 is 0 Å². The molecule has 1 atom stereocenters. The molecule has 0 spiro atoms. The predicted octanol–water partition coefficient (Wildman–Crippen LogP) is 10.2. The number of allylic oxidation sites excluding steroid dienone is 1. The lowest BCUT2D eigenvalue weighted by molar-refractivity contribution is -0.384. The van der Waals surface area contributed by atoms with Gasteiger partial charge in [-0.2, -0.15) is 13.2 Å². The molecule has 2 aliphatic heterocycles. The van der Waals surface area contributed by atoms with Crippen molar-refractivity contribution in [1.82, 2.24) is 14.9 Å². The van der Waals surface area contributed by atoms with Gasteiger partial charge in [0, 0.05) is 80.3 Å².